The number of nitro benzene ring substituents is 1. The van der Waals surface area contributed by atoms with Crippen LogP contribution >= 0.6 is 0 Å². The molecule has 0 aliphatic rings. The van der Waals surface area contributed by atoms with Gasteiger partial charge in [0.15, 0.2) is 5.65 Å². The molecule has 28 heavy (non-hydrogen) atoms. The molecule has 0 atom stereocenters. The Balaban J connectivity index is 2.00. The highest BCUT2D eigenvalue weighted by Crippen LogP contribution is 2.31. The number of fused-ring (bicyclic) bond motifs is 4. The number of hydrogen-bond acceptors (Lipinski definition) is 5. The second kappa shape index (κ2) is 6.83. The lowest BCUT2D eigenvalue weighted by molar-refractivity contribution is -0.384. The molecule has 0 radical (unpaired) electrons. The quantitative estimate of drug-likeness (QED) is 0.384. The largest absolute Gasteiger partial charge is 0.324 e. The van der Waals surface area contributed by atoms with Gasteiger partial charge in [-0.15, -0.1) is 0 Å². The van der Waals surface area contributed by atoms with Gasteiger partial charge in [0.05, 0.1) is 21.5 Å². The van der Waals surface area contributed by atoms with E-state index in [2.05, 4.69) is 29.4 Å². The fourth-order valence-corrected chi connectivity index (χ4v) is 3.62. The SMILES string of the molecule is Cc1cc2nc3c4cc([N+](=O)[O-])ccc4n(CCCN(C)C)c3nc2cc1C. The molecule has 0 fully saturated rings. The van der Waals surface area contributed by atoms with Crippen LogP contribution in [0.1, 0.15) is 17.5 Å². The van der Waals surface area contributed by atoms with Gasteiger partial charge in [-0.2, -0.15) is 0 Å². The molecule has 144 valence electrons. The number of non-ortho nitro benzene ring substituents is 1. The van der Waals surface area contributed by atoms with E-state index >= 15 is 0 Å². The Morgan fingerprint density at radius 1 is 1.07 bits per heavy atom. The van der Waals surface area contributed by atoms with Crippen LogP contribution in [0.3, 0.4) is 0 Å². The first-order valence-corrected chi connectivity index (χ1v) is 9.35. The van der Waals surface area contributed by atoms with E-state index < -0.39 is 0 Å². The Morgan fingerprint density at radius 2 is 1.75 bits per heavy atom. The van der Waals surface area contributed by atoms with Crippen molar-refractivity contribution >= 4 is 38.8 Å². The maximum absolute atomic E-state index is 11.3. The zero-order valence-corrected chi connectivity index (χ0v) is 16.6. The van der Waals surface area contributed by atoms with Gasteiger partial charge >= 0.3 is 0 Å². The van der Waals surface area contributed by atoms with Crippen molar-refractivity contribution in [2.45, 2.75) is 26.8 Å². The summed E-state index contributed by atoms with van der Waals surface area (Å²) in [6, 6.07) is 9.07. The van der Waals surface area contributed by atoms with Crippen molar-refractivity contribution in [2.24, 2.45) is 0 Å². The highest BCUT2D eigenvalue weighted by atomic mass is 16.6. The number of aryl methyl sites for hydroxylation is 3. The van der Waals surface area contributed by atoms with Gasteiger partial charge in [-0.05, 0) is 70.2 Å². The first kappa shape index (κ1) is 18.3. The highest BCUT2D eigenvalue weighted by Gasteiger charge is 2.18. The first-order chi connectivity index (χ1) is 13.3. The minimum absolute atomic E-state index is 0.0711. The lowest BCUT2D eigenvalue weighted by Gasteiger charge is -2.11. The topological polar surface area (TPSA) is 77.1 Å². The second-order valence-electron chi connectivity index (χ2n) is 7.59. The van der Waals surface area contributed by atoms with Crippen molar-refractivity contribution in [3.05, 3.63) is 51.6 Å². The van der Waals surface area contributed by atoms with Crippen molar-refractivity contribution in [3.63, 3.8) is 0 Å². The van der Waals surface area contributed by atoms with Crippen molar-refractivity contribution in [2.75, 3.05) is 20.6 Å². The van der Waals surface area contributed by atoms with E-state index in [1.165, 1.54) is 5.56 Å². The van der Waals surface area contributed by atoms with Gasteiger partial charge in [0, 0.05) is 24.1 Å². The first-order valence-electron chi connectivity index (χ1n) is 9.35. The molecule has 4 aromatic rings. The summed E-state index contributed by atoms with van der Waals surface area (Å²) in [5.74, 6) is 0. The van der Waals surface area contributed by atoms with E-state index in [0.717, 1.165) is 58.2 Å². The molecule has 2 heterocycles. The van der Waals surface area contributed by atoms with E-state index in [1.54, 1.807) is 12.1 Å². The predicted molar refractivity (Wildman–Crippen MR) is 112 cm³/mol. The van der Waals surface area contributed by atoms with Crippen LogP contribution in [0.4, 0.5) is 5.69 Å². The molecule has 7 nitrogen and oxygen atoms in total. The summed E-state index contributed by atoms with van der Waals surface area (Å²) in [6.45, 7) is 5.85. The molecule has 0 saturated heterocycles. The van der Waals surface area contributed by atoms with Crippen LogP contribution in [0, 0.1) is 24.0 Å². The molecular formula is C21H23N5O2. The summed E-state index contributed by atoms with van der Waals surface area (Å²) in [5, 5.41) is 12.1. The van der Waals surface area contributed by atoms with Crippen LogP contribution < -0.4 is 0 Å². The van der Waals surface area contributed by atoms with Gasteiger partial charge in [-0.1, -0.05) is 0 Å². The van der Waals surface area contributed by atoms with Gasteiger partial charge in [0.1, 0.15) is 5.52 Å². The predicted octanol–water partition coefficient (Wildman–Crippen LogP) is 4.21. The lowest BCUT2D eigenvalue weighted by atomic mass is 10.1. The monoisotopic (exact) mass is 377 g/mol. The molecule has 0 aliphatic heterocycles. The Labute approximate surface area is 162 Å². The lowest BCUT2D eigenvalue weighted by Crippen LogP contribution is -2.15. The molecule has 2 aromatic heterocycles. The van der Waals surface area contributed by atoms with Crippen molar-refractivity contribution < 1.29 is 4.92 Å². The molecule has 7 heteroatoms. The fourth-order valence-electron chi connectivity index (χ4n) is 3.62. The van der Waals surface area contributed by atoms with Crippen LogP contribution in [0.15, 0.2) is 30.3 Å². The molecule has 0 aliphatic carbocycles. The number of benzene rings is 2. The number of rotatable bonds is 5. The third kappa shape index (κ3) is 3.07. The third-order valence-electron chi connectivity index (χ3n) is 5.24. The highest BCUT2D eigenvalue weighted by molar-refractivity contribution is 6.07. The summed E-state index contributed by atoms with van der Waals surface area (Å²) in [5.41, 5.74) is 6.50. The van der Waals surface area contributed by atoms with E-state index in [-0.39, 0.29) is 10.6 Å². The number of nitro groups is 1. The summed E-state index contributed by atoms with van der Waals surface area (Å²) >= 11 is 0. The van der Waals surface area contributed by atoms with Crippen LogP contribution in [0.2, 0.25) is 0 Å². The zero-order chi connectivity index (χ0) is 20.0. The van der Waals surface area contributed by atoms with Crippen LogP contribution in [-0.2, 0) is 6.54 Å². The fraction of sp³-hybridized carbons (Fsp3) is 0.333. The molecular weight excluding hydrogens is 354 g/mol. The van der Waals surface area contributed by atoms with E-state index in [1.807, 2.05) is 26.2 Å². The van der Waals surface area contributed by atoms with E-state index in [4.69, 9.17) is 9.97 Å². The smallest absolute Gasteiger partial charge is 0.270 e. The summed E-state index contributed by atoms with van der Waals surface area (Å²) in [6.07, 6.45) is 0.954. The molecule has 4 rings (SSSR count). The van der Waals surface area contributed by atoms with Gasteiger partial charge in [-0.25, -0.2) is 9.97 Å². The molecule has 0 bridgehead atoms. The average Bonchev–Trinajstić information content (AvgIpc) is 2.93. The Morgan fingerprint density at radius 3 is 2.39 bits per heavy atom. The molecule has 0 spiro atoms. The van der Waals surface area contributed by atoms with Crippen molar-refractivity contribution in [3.8, 4) is 0 Å². The van der Waals surface area contributed by atoms with Crippen LogP contribution in [0.5, 0.6) is 0 Å². The minimum atomic E-state index is -0.364. The standard InChI is InChI=1S/C21H23N5O2/c1-13-10-17-18(11-14(13)2)23-21-20(22-17)16-12-15(26(27)28)6-7-19(16)25(21)9-5-8-24(3)4/h6-7,10-12H,5,8-9H2,1-4H3. The normalized spacial score (nSPS) is 11.9. The minimum Gasteiger partial charge on any atom is -0.324 e. The molecule has 0 amide bonds. The summed E-state index contributed by atoms with van der Waals surface area (Å²) in [7, 11) is 4.10. The van der Waals surface area contributed by atoms with Gasteiger partial charge in [0.2, 0.25) is 0 Å². The Bertz CT molecular complexity index is 1230. The maximum atomic E-state index is 11.3. The molecule has 0 N–H and O–H groups in total. The van der Waals surface area contributed by atoms with E-state index in [9.17, 15) is 10.1 Å². The Hall–Kier alpha value is -3.06. The Kier molecular flexibility index (Phi) is 4.47. The van der Waals surface area contributed by atoms with E-state index in [0.29, 0.717) is 0 Å². The van der Waals surface area contributed by atoms with Crippen LogP contribution in [0.25, 0.3) is 33.1 Å². The van der Waals surface area contributed by atoms with Gasteiger partial charge < -0.3 is 9.47 Å². The summed E-state index contributed by atoms with van der Waals surface area (Å²) < 4.78 is 2.14. The molecule has 2 aromatic carbocycles. The second-order valence-corrected chi connectivity index (χ2v) is 7.59. The number of aromatic nitrogens is 3. The number of hydrogen-bond donors (Lipinski definition) is 0. The maximum Gasteiger partial charge on any atom is 0.270 e. The van der Waals surface area contributed by atoms with Crippen molar-refractivity contribution in [1.29, 1.82) is 0 Å². The molecule has 0 unspecified atom stereocenters. The zero-order valence-electron chi connectivity index (χ0n) is 16.6. The van der Waals surface area contributed by atoms with Gasteiger partial charge in [-0.3, -0.25) is 10.1 Å². The average molecular weight is 377 g/mol. The van der Waals surface area contributed by atoms with Crippen LogP contribution in [-0.4, -0.2) is 45.0 Å². The number of nitrogens with zero attached hydrogens (tertiary/aromatic N) is 5. The van der Waals surface area contributed by atoms with Gasteiger partial charge in [0.25, 0.3) is 5.69 Å². The summed E-state index contributed by atoms with van der Waals surface area (Å²) in [4.78, 5) is 22.8. The van der Waals surface area contributed by atoms with Crippen molar-refractivity contribution in [1.82, 2.24) is 19.4 Å². The molecule has 0 saturated carbocycles. The third-order valence-corrected chi connectivity index (χ3v) is 5.24.